The van der Waals surface area contributed by atoms with E-state index in [0.29, 0.717) is 26.2 Å². The Morgan fingerprint density at radius 2 is 2.14 bits per heavy atom. The van der Waals surface area contributed by atoms with E-state index >= 15 is 0 Å². The van der Waals surface area contributed by atoms with Crippen molar-refractivity contribution in [3.8, 4) is 0 Å². The summed E-state index contributed by atoms with van der Waals surface area (Å²) >= 11 is 0. The fraction of sp³-hybridized carbons (Fsp3) is 0.350. The Hall–Kier alpha value is -3.49. The topological polar surface area (TPSA) is 95.7 Å². The minimum Gasteiger partial charge on any atom is -0.342 e. The molecule has 2 amide bonds. The van der Waals surface area contributed by atoms with Crippen molar-refractivity contribution in [1.82, 2.24) is 29.9 Å². The van der Waals surface area contributed by atoms with Gasteiger partial charge in [-0.05, 0) is 18.9 Å². The molecule has 0 aliphatic carbocycles. The number of aliphatic imine (C=N–C) groups is 1. The number of nitrogens with zero attached hydrogens (tertiary/aromatic N) is 6. The van der Waals surface area contributed by atoms with E-state index in [2.05, 4.69) is 27.0 Å². The second-order valence-electron chi connectivity index (χ2n) is 6.87. The number of likely N-dealkylation sites (N-methyl/N-ethyl adjacent to an activating group) is 1. The Morgan fingerprint density at radius 3 is 2.86 bits per heavy atom. The van der Waals surface area contributed by atoms with Crippen LogP contribution in [0.15, 0.2) is 54.4 Å². The third-order valence-electron chi connectivity index (χ3n) is 4.71. The quantitative estimate of drug-likeness (QED) is 0.604. The summed E-state index contributed by atoms with van der Waals surface area (Å²) in [5.41, 5.74) is 1.06. The van der Waals surface area contributed by atoms with Crippen LogP contribution in [0.1, 0.15) is 29.5 Å². The Bertz CT molecular complexity index is 907. The van der Waals surface area contributed by atoms with Crippen molar-refractivity contribution < 1.29 is 9.59 Å². The van der Waals surface area contributed by atoms with Crippen molar-refractivity contribution >= 4 is 17.6 Å². The molecule has 1 aromatic heterocycles. The van der Waals surface area contributed by atoms with E-state index in [0.717, 1.165) is 11.4 Å². The molecule has 1 fully saturated rings. The van der Waals surface area contributed by atoms with E-state index in [1.165, 1.54) is 12.5 Å². The SMILES string of the molecule is C=C/N=C(/C)N1CCC(NC(=O)c2ncn(Cc3ccccc3)n2)C(=O)N(C)C1. The van der Waals surface area contributed by atoms with E-state index in [4.69, 9.17) is 0 Å². The molecule has 29 heavy (non-hydrogen) atoms. The number of amidine groups is 1. The van der Waals surface area contributed by atoms with Crippen LogP contribution in [0.5, 0.6) is 0 Å². The number of aromatic nitrogens is 3. The molecular weight excluding hydrogens is 370 g/mol. The van der Waals surface area contributed by atoms with E-state index in [1.807, 2.05) is 42.2 Å². The summed E-state index contributed by atoms with van der Waals surface area (Å²) in [7, 11) is 1.70. The van der Waals surface area contributed by atoms with Crippen LogP contribution in [0, 0.1) is 0 Å². The number of carbonyl (C=O) groups is 2. The van der Waals surface area contributed by atoms with Gasteiger partial charge in [0.05, 0.1) is 13.2 Å². The van der Waals surface area contributed by atoms with Gasteiger partial charge in [0, 0.05) is 19.8 Å². The fourth-order valence-electron chi connectivity index (χ4n) is 3.15. The van der Waals surface area contributed by atoms with E-state index < -0.39 is 11.9 Å². The van der Waals surface area contributed by atoms with Gasteiger partial charge in [-0.3, -0.25) is 9.59 Å². The summed E-state index contributed by atoms with van der Waals surface area (Å²) in [6, 6.07) is 9.14. The van der Waals surface area contributed by atoms with Crippen LogP contribution in [0.25, 0.3) is 0 Å². The second kappa shape index (κ2) is 9.13. The second-order valence-corrected chi connectivity index (χ2v) is 6.87. The molecule has 9 nitrogen and oxygen atoms in total. The standard InChI is InChI=1S/C20H25N7O2/c1-4-21-15(2)26-11-10-17(20(29)25(3)14-26)23-19(28)18-22-13-27(24-18)12-16-8-6-5-7-9-16/h4-9,13,17H,1,10-12,14H2,2-3H3,(H,23,28)/b21-15-. The first kappa shape index (κ1) is 20.2. The number of amides is 2. The molecule has 1 saturated heterocycles. The maximum absolute atomic E-state index is 12.7. The molecule has 9 heteroatoms. The van der Waals surface area contributed by atoms with Gasteiger partial charge in [0.1, 0.15) is 18.2 Å². The molecule has 3 rings (SSSR count). The largest absolute Gasteiger partial charge is 0.342 e. The molecule has 1 N–H and O–H groups in total. The molecule has 0 radical (unpaired) electrons. The molecule has 1 aromatic carbocycles. The van der Waals surface area contributed by atoms with Gasteiger partial charge in [0.15, 0.2) is 0 Å². The predicted molar refractivity (Wildman–Crippen MR) is 109 cm³/mol. The molecule has 2 aromatic rings. The van der Waals surface area contributed by atoms with Crippen LogP contribution in [0.4, 0.5) is 0 Å². The highest BCUT2D eigenvalue weighted by atomic mass is 16.2. The first-order valence-electron chi connectivity index (χ1n) is 9.37. The van der Waals surface area contributed by atoms with Crippen molar-refractivity contribution in [2.45, 2.75) is 25.9 Å². The lowest BCUT2D eigenvalue weighted by atomic mass is 10.2. The Balaban J connectivity index is 1.64. The van der Waals surface area contributed by atoms with E-state index in [-0.39, 0.29) is 11.7 Å². The average molecular weight is 395 g/mol. The molecule has 1 aliphatic heterocycles. The fourth-order valence-corrected chi connectivity index (χ4v) is 3.15. The summed E-state index contributed by atoms with van der Waals surface area (Å²) in [6.07, 6.45) is 3.45. The highest BCUT2D eigenvalue weighted by molar-refractivity contribution is 5.95. The summed E-state index contributed by atoms with van der Waals surface area (Å²) < 4.78 is 1.60. The van der Waals surface area contributed by atoms with Crippen LogP contribution >= 0.6 is 0 Å². The molecule has 152 valence electrons. The predicted octanol–water partition coefficient (Wildman–Crippen LogP) is 1.11. The average Bonchev–Trinajstić information content (AvgIpc) is 3.13. The summed E-state index contributed by atoms with van der Waals surface area (Å²) in [5, 5.41) is 7.00. The summed E-state index contributed by atoms with van der Waals surface area (Å²) in [5.74, 6) is 0.194. The van der Waals surface area contributed by atoms with Crippen molar-refractivity contribution in [1.29, 1.82) is 0 Å². The lowest BCUT2D eigenvalue weighted by molar-refractivity contribution is -0.132. The van der Waals surface area contributed by atoms with Gasteiger partial charge in [-0.25, -0.2) is 14.7 Å². The Labute approximate surface area is 169 Å². The molecule has 1 unspecified atom stereocenters. The minimum absolute atomic E-state index is 0.0434. The van der Waals surface area contributed by atoms with Crippen molar-refractivity contribution in [2.24, 2.45) is 4.99 Å². The number of benzene rings is 1. The third kappa shape index (κ3) is 5.07. The molecule has 0 bridgehead atoms. The molecule has 0 saturated carbocycles. The van der Waals surface area contributed by atoms with Crippen LogP contribution < -0.4 is 5.32 Å². The highest BCUT2D eigenvalue weighted by Gasteiger charge is 2.30. The van der Waals surface area contributed by atoms with E-state index in [9.17, 15) is 9.59 Å². The number of rotatable bonds is 5. The van der Waals surface area contributed by atoms with Gasteiger partial charge in [-0.2, -0.15) is 0 Å². The molecule has 0 spiro atoms. The first-order chi connectivity index (χ1) is 14.0. The van der Waals surface area contributed by atoms with Crippen molar-refractivity contribution in [3.63, 3.8) is 0 Å². The zero-order valence-electron chi connectivity index (χ0n) is 16.7. The van der Waals surface area contributed by atoms with Crippen LogP contribution in [0.3, 0.4) is 0 Å². The number of hydrogen-bond donors (Lipinski definition) is 1. The summed E-state index contributed by atoms with van der Waals surface area (Å²) in [4.78, 5) is 37.1. The number of nitrogens with one attached hydrogen (secondary N) is 1. The Morgan fingerprint density at radius 1 is 1.38 bits per heavy atom. The smallest absolute Gasteiger partial charge is 0.291 e. The normalized spacial score (nSPS) is 17.8. The maximum Gasteiger partial charge on any atom is 0.291 e. The van der Waals surface area contributed by atoms with Crippen molar-refractivity contribution in [3.05, 3.63) is 60.8 Å². The number of hydrogen-bond acceptors (Lipinski definition) is 5. The van der Waals surface area contributed by atoms with Gasteiger partial charge in [0.25, 0.3) is 5.91 Å². The first-order valence-corrected chi connectivity index (χ1v) is 9.37. The summed E-state index contributed by atoms with van der Waals surface area (Å²) in [6.45, 7) is 6.97. The lowest BCUT2D eigenvalue weighted by Gasteiger charge is -2.25. The number of carbonyl (C=O) groups excluding carboxylic acids is 2. The van der Waals surface area contributed by atoms with Gasteiger partial charge < -0.3 is 15.1 Å². The highest BCUT2D eigenvalue weighted by Crippen LogP contribution is 2.10. The minimum atomic E-state index is -0.643. The van der Waals surface area contributed by atoms with Crippen LogP contribution in [0.2, 0.25) is 0 Å². The lowest BCUT2D eigenvalue weighted by Crippen LogP contribution is -2.47. The molecule has 1 atom stereocenters. The molecular formula is C20H25N7O2. The van der Waals surface area contributed by atoms with Gasteiger partial charge in [-0.1, -0.05) is 36.9 Å². The molecule has 1 aliphatic rings. The van der Waals surface area contributed by atoms with Crippen LogP contribution in [-0.4, -0.2) is 68.5 Å². The van der Waals surface area contributed by atoms with Gasteiger partial charge >= 0.3 is 0 Å². The van der Waals surface area contributed by atoms with Gasteiger partial charge in [-0.15, -0.1) is 5.10 Å². The monoisotopic (exact) mass is 395 g/mol. The zero-order chi connectivity index (χ0) is 20.8. The zero-order valence-corrected chi connectivity index (χ0v) is 16.7. The maximum atomic E-state index is 12.7. The van der Waals surface area contributed by atoms with E-state index in [1.54, 1.807) is 16.6 Å². The third-order valence-corrected chi connectivity index (χ3v) is 4.71. The van der Waals surface area contributed by atoms with Crippen LogP contribution in [-0.2, 0) is 11.3 Å². The van der Waals surface area contributed by atoms with Crippen molar-refractivity contribution in [2.75, 3.05) is 20.3 Å². The molecule has 2 heterocycles. The van der Waals surface area contributed by atoms with Gasteiger partial charge in [0.2, 0.25) is 11.7 Å². The Kier molecular flexibility index (Phi) is 6.38.